The Labute approximate surface area is 145 Å². The van der Waals surface area contributed by atoms with Gasteiger partial charge in [-0.25, -0.2) is 4.52 Å². The van der Waals surface area contributed by atoms with E-state index in [1.165, 1.54) is 0 Å². The molecule has 0 bridgehead atoms. The van der Waals surface area contributed by atoms with Crippen LogP contribution in [-0.2, 0) is 0 Å². The standard InChI is InChI=1S/C20H16N4O/c1-14-11-17(9-10-21-14)22-20(25)16-7-8-18-12-19(23-24(18)13-16)15-5-3-2-4-6-15/h2-13H,1H3,(H,21,22,25). The second kappa shape index (κ2) is 6.20. The van der Waals surface area contributed by atoms with Crippen molar-refractivity contribution in [2.24, 2.45) is 0 Å². The molecule has 0 aliphatic rings. The number of rotatable bonds is 3. The molecule has 1 amide bonds. The van der Waals surface area contributed by atoms with Crippen molar-refractivity contribution >= 4 is 17.1 Å². The predicted octanol–water partition coefficient (Wildman–Crippen LogP) is 3.96. The number of nitrogens with one attached hydrogen (secondary N) is 1. The summed E-state index contributed by atoms with van der Waals surface area (Å²) in [5.74, 6) is -0.177. The van der Waals surface area contributed by atoms with Crippen LogP contribution in [-0.4, -0.2) is 20.5 Å². The fraction of sp³-hybridized carbons (Fsp3) is 0.0500. The van der Waals surface area contributed by atoms with Crippen molar-refractivity contribution in [2.45, 2.75) is 6.92 Å². The zero-order chi connectivity index (χ0) is 17.2. The lowest BCUT2D eigenvalue weighted by Crippen LogP contribution is -2.13. The molecular weight excluding hydrogens is 312 g/mol. The zero-order valence-corrected chi connectivity index (χ0v) is 13.7. The Hall–Kier alpha value is -3.47. The lowest BCUT2D eigenvalue weighted by molar-refractivity contribution is 0.102. The SMILES string of the molecule is Cc1cc(NC(=O)c2ccc3cc(-c4ccccc4)nn3c2)ccn1. The van der Waals surface area contributed by atoms with Gasteiger partial charge >= 0.3 is 0 Å². The Kier molecular flexibility index (Phi) is 3.74. The molecule has 5 heteroatoms. The molecule has 0 unspecified atom stereocenters. The third-order valence-corrected chi connectivity index (χ3v) is 3.95. The number of benzene rings is 1. The molecule has 0 saturated carbocycles. The second-order valence-electron chi connectivity index (χ2n) is 5.82. The predicted molar refractivity (Wildman–Crippen MR) is 97.6 cm³/mol. The number of pyridine rings is 2. The maximum absolute atomic E-state index is 12.5. The minimum absolute atomic E-state index is 0.177. The number of fused-ring (bicyclic) bond motifs is 1. The summed E-state index contributed by atoms with van der Waals surface area (Å²) in [5.41, 5.74) is 4.99. The Balaban J connectivity index is 1.63. The second-order valence-corrected chi connectivity index (χ2v) is 5.82. The summed E-state index contributed by atoms with van der Waals surface area (Å²) in [4.78, 5) is 16.6. The molecule has 0 aliphatic heterocycles. The molecule has 0 fully saturated rings. The van der Waals surface area contributed by atoms with Crippen molar-refractivity contribution < 1.29 is 4.79 Å². The van der Waals surface area contributed by atoms with Crippen LogP contribution in [0.2, 0.25) is 0 Å². The van der Waals surface area contributed by atoms with Crippen LogP contribution in [0.1, 0.15) is 16.1 Å². The molecule has 1 N–H and O–H groups in total. The van der Waals surface area contributed by atoms with Gasteiger partial charge in [0.15, 0.2) is 0 Å². The lowest BCUT2D eigenvalue weighted by atomic mass is 10.1. The molecule has 0 radical (unpaired) electrons. The number of aromatic nitrogens is 3. The highest BCUT2D eigenvalue weighted by Gasteiger charge is 2.10. The van der Waals surface area contributed by atoms with Gasteiger partial charge < -0.3 is 5.32 Å². The number of aryl methyl sites for hydroxylation is 1. The lowest BCUT2D eigenvalue weighted by Gasteiger charge is -2.06. The third-order valence-electron chi connectivity index (χ3n) is 3.95. The van der Waals surface area contributed by atoms with Gasteiger partial charge in [-0.1, -0.05) is 30.3 Å². The molecule has 3 aromatic heterocycles. The van der Waals surface area contributed by atoms with E-state index in [1.54, 1.807) is 29.0 Å². The van der Waals surface area contributed by atoms with Crippen LogP contribution in [0.3, 0.4) is 0 Å². The first-order valence-corrected chi connectivity index (χ1v) is 7.98. The zero-order valence-electron chi connectivity index (χ0n) is 13.7. The Morgan fingerprint density at radius 3 is 2.68 bits per heavy atom. The van der Waals surface area contributed by atoms with Crippen molar-refractivity contribution in [3.63, 3.8) is 0 Å². The largest absolute Gasteiger partial charge is 0.322 e. The number of carbonyl (C=O) groups excluding carboxylic acids is 1. The highest BCUT2D eigenvalue weighted by atomic mass is 16.1. The average Bonchev–Trinajstić information content (AvgIpc) is 3.06. The van der Waals surface area contributed by atoms with E-state index in [0.717, 1.165) is 28.2 Å². The van der Waals surface area contributed by atoms with Crippen LogP contribution in [0.25, 0.3) is 16.8 Å². The normalized spacial score (nSPS) is 10.8. The van der Waals surface area contributed by atoms with Gasteiger partial charge in [0.05, 0.1) is 16.8 Å². The molecule has 0 spiro atoms. The maximum atomic E-state index is 12.5. The summed E-state index contributed by atoms with van der Waals surface area (Å²) >= 11 is 0. The van der Waals surface area contributed by atoms with Gasteiger partial charge in [-0.2, -0.15) is 5.10 Å². The van der Waals surface area contributed by atoms with E-state index in [1.807, 2.05) is 55.5 Å². The van der Waals surface area contributed by atoms with Crippen LogP contribution in [0.15, 0.2) is 73.1 Å². The summed E-state index contributed by atoms with van der Waals surface area (Å²) in [6.07, 6.45) is 3.42. The molecule has 0 aliphatic carbocycles. The van der Waals surface area contributed by atoms with Crippen LogP contribution in [0.5, 0.6) is 0 Å². The van der Waals surface area contributed by atoms with Crippen molar-refractivity contribution in [2.75, 3.05) is 5.32 Å². The maximum Gasteiger partial charge on any atom is 0.257 e. The van der Waals surface area contributed by atoms with Crippen LogP contribution in [0.4, 0.5) is 5.69 Å². The Morgan fingerprint density at radius 1 is 1.04 bits per heavy atom. The van der Waals surface area contributed by atoms with Crippen LogP contribution < -0.4 is 5.32 Å². The molecule has 3 heterocycles. The molecule has 0 atom stereocenters. The number of hydrogen-bond acceptors (Lipinski definition) is 3. The molecule has 122 valence electrons. The van der Waals surface area contributed by atoms with E-state index in [9.17, 15) is 4.79 Å². The van der Waals surface area contributed by atoms with Crippen molar-refractivity contribution in [3.05, 3.63) is 84.3 Å². The van der Waals surface area contributed by atoms with Gasteiger partial charge in [-0.15, -0.1) is 0 Å². The number of anilines is 1. The summed E-state index contributed by atoms with van der Waals surface area (Å²) in [5, 5.41) is 7.46. The fourth-order valence-electron chi connectivity index (χ4n) is 2.70. The minimum Gasteiger partial charge on any atom is -0.322 e. The minimum atomic E-state index is -0.177. The number of nitrogens with zero attached hydrogens (tertiary/aromatic N) is 3. The molecule has 0 saturated heterocycles. The van der Waals surface area contributed by atoms with E-state index in [4.69, 9.17) is 0 Å². The van der Waals surface area contributed by atoms with Crippen molar-refractivity contribution in [3.8, 4) is 11.3 Å². The molecule has 4 rings (SSSR count). The summed E-state index contributed by atoms with van der Waals surface area (Å²) in [6.45, 7) is 1.89. The van der Waals surface area contributed by atoms with Gasteiger partial charge in [0, 0.05) is 29.3 Å². The molecule has 25 heavy (non-hydrogen) atoms. The third kappa shape index (κ3) is 3.12. The van der Waals surface area contributed by atoms with Gasteiger partial charge in [0.1, 0.15) is 0 Å². The Morgan fingerprint density at radius 2 is 1.88 bits per heavy atom. The fourth-order valence-corrected chi connectivity index (χ4v) is 2.70. The first-order valence-electron chi connectivity index (χ1n) is 7.98. The summed E-state index contributed by atoms with van der Waals surface area (Å²) < 4.78 is 1.73. The average molecular weight is 328 g/mol. The van der Waals surface area contributed by atoms with E-state index in [0.29, 0.717) is 5.56 Å². The van der Waals surface area contributed by atoms with Gasteiger partial charge in [0.25, 0.3) is 5.91 Å². The van der Waals surface area contributed by atoms with E-state index in [2.05, 4.69) is 15.4 Å². The van der Waals surface area contributed by atoms with E-state index in [-0.39, 0.29) is 5.91 Å². The van der Waals surface area contributed by atoms with Gasteiger partial charge in [0.2, 0.25) is 0 Å². The van der Waals surface area contributed by atoms with Crippen molar-refractivity contribution in [1.29, 1.82) is 0 Å². The molecule has 5 nitrogen and oxygen atoms in total. The number of hydrogen-bond donors (Lipinski definition) is 1. The van der Waals surface area contributed by atoms with Gasteiger partial charge in [-0.3, -0.25) is 9.78 Å². The highest BCUT2D eigenvalue weighted by molar-refractivity contribution is 6.04. The number of carbonyl (C=O) groups is 1. The monoisotopic (exact) mass is 328 g/mol. The first-order chi connectivity index (χ1) is 12.2. The first kappa shape index (κ1) is 15.1. The van der Waals surface area contributed by atoms with Crippen molar-refractivity contribution in [1.82, 2.24) is 14.6 Å². The quantitative estimate of drug-likeness (QED) is 0.619. The van der Waals surface area contributed by atoms with Gasteiger partial charge in [-0.05, 0) is 37.3 Å². The molecular formula is C20H16N4O. The van der Waals surface area contributed by atoms with E-state index < -0.39 is 0 Å². The van der Waals surface area contributed by atoms with E-state index >= 15 is 0 Å². The number of amides is 1. The molecule has 4 aromatic rings. The Bertz CT molecular complexity index is 1050. The highest BCUT2D eigenvalue weighted by Crippen LogP contribution is 2.20. The summed E-state index contributed by atoms with van der Waals surface area (Å²) in [7, 11) is 0. The molecule has 1 aromatic carbocycles. The van der Waals surface area contributed by atoms with Crippen LogP contribution >= 0.6 is 0 Å². The topological polar surface area (TPSA) is 59.3 Å². The smallest absolute Gasteiger partial charge is 0.257 e. The summed E-state index contributed by atoms with van der Waals surface area (Å²) in [6, 6.07) is 19.3. The van der Waals surface area contributed by atoms with Crippen LogP contribution in [0, 0.1) is 6.92 Å².